The monoisotopic (exact) mass is 236 g/mol. The van der Waals surface area contributed by atoms with Gasteiger partial charge >= 0.3 is 5.69 Å². The fraction of sp³-hybridized carbons (Fsp3) is 0.545. The van der Waals surface area contributed by atoms with E-state index < -0.39 is 0 Å². The Morgan fingerprint density at radius 1 is 1.35 bits per heavy atom. The number of aromatic amines is 1. The van der Waals surface area contributed by atoms with Crippen molar-refractivity contribution in [3.8, 4) is 0 Å². The Labute approximate surface area is 97.9 Å². The lowest BCUT2D eigenvalue weighted by atomic mass is 10.2. The average molecular weight is 236 g/mol. The van der Waals surface area contributed by atoms with Gasteiger partial charge in [0.25, 0.3) is 5.56 Å². The first kappa shape index (κ1) is 11.6. The molecule has 0 amide bonds. The SMILES string of the molecule is CCn1c(=O)c2[nH]cnc2n(CC(C)C)c1=O. The minimum absolute atomic E-state index is 0.286. The van der Waals surface area contributed by atoms with Gasteiger partial charge in [-0.1, -0.05) is 13.8 Å². The highest BCUT2D eigenvalue weighted by Crippen LogP contribution is 2.04. The van der Waals surface area contributed by atoms with Gasteiger partial charge in [0.2, 0.25) is 0 Å². The molecule has 92 valence electrons. The number of H-pyrrole nitrogens is 1. The third kappa shape index (κ3) is 1.79. The van der Waals surface area contributed by atoms with Crippen LogP contribution in [0.5, 0.6) is 0 Å². The molecule has 6 heteroatoms. The Morgan fingerprint density at radius 3 is 2.65 bits per heavy atom. The molecule has 0 aliphatic heterocycles. The minimum Gasteiger partial charge on any atom is -0.339 e. The van der Waals surface area contributed by atoms with E-state index in [2.05, 4.69) is 9.97 Å². The number of hydrogen-bond donors (Lipinski definition) is 1. The van der Waals surface area contributed by atoms with E-state index in [1.54, 1.807) is 11.5 Å². The van der Waals surface area contributed by atoms with Gasteiger partial charge in [-0.05, 0) is 12.8 Å². The molecule has 2 heterocycles. The molecule has 6 nitrogen and oxygen atoms in total. The molecule has 2 aromatic heterocycles. The summed E-state index contributed by atoms with van der Waals surface area (Å²) in [6.45, 7) is 6.74. The molecule has 2 aromatic rings. The number of fused-ring (bicyclic) bond motifs is 1. The molecule has 0 aliphatic carbocycles. The number of rotatable bonds is 3. The van der Waals surface area contributed by atoms with Crippen LogP contribution in [0.1, 0.15) is 20.8 Å². The van der Waals surface area contributed by atoms with Crippen molar-refractivity contribution in [1.29, 1.82) is 0 Å². The van der Waals surface area contributed by atoms with E-state index in [1.807, 2.05) is 13.8 Å². The lowest BCUT2D eigenvalue weighted by Crippen LogP contribution is -2.40. The van der Waals surface area contributed by atoms with Crippen LogP contribution in [0.2, 0.25) is 0 Å². The van der Waals surface area contributed by atoms with Crippen LogP contribution >= 0.6 is 0 Å². The summed E-state index contributed by atoms with van der Waals surface area (Å²) in [6, 6.07) is 0. The summed E-state index contributed by atoms with van der Waals surface area (Å²) in [6.07, 6.45) is 1.45. The number of nitrogens with one attached hydrogen (secondary N) is 1. The van der Waals surface area contributed by atoms with Crippen molar-refractivity contribution in [3.63, 3.8) is 0 Å². The quantitative estimate of drug-likeness (QED) is 0.846. The van der Waals surface area contributed by atoms with E-state index in [0.29, 0.717) is 30.2 Å². The highest BCUT2D eigenvalue weighted by molar-refractivity contribution is 5.68. The Hall–Kier alpha value is -1.85. The summed E-state index contributed by atoms with van der Waals surface area (Å²) in [5.74, 6) is 0.315. The topological polar surface area (TPSA) is 72.7 Å². The van der Waals surface area contributed by atoms with Crippen molar-refractivity contribution >= 4 is 11.2 Å². The smallest absolute Gasteiger partial charge is 0.332 e. The Kier molecular flexibility index (Phi) is 2.87. The summed E-state index contributed by atoms with van der Waals surface area (Å²) in [5.41, 5.74) is 0.251. The zero-order valence-electron chi connectivity index (χ0n) is 10.2. The predicted octanol–water partition coefficient (Wildman–Crippen LogP) is 0.562. The van der Waals surface area contributed by atoms with Crippen molar-refractivity contribution in [2.24, 2.45) is 5.92 Å². The van der Waals surface area contributed by atoms with Gasteiger partial charge in [0, 0.05) is 13.1 Å². The van der Waals surface area contributed by atoms with Crippen molar-refractivity contribution in [2.45, 2.75) is 33.9 Å². The number of imidazole rings is 1. The molecule has 0 unspecified atom stereocenters. The average Bonchev–Trinajstić information content (AvgIpc) is 2.73. The van der Waals surface area contributed by atoms with E-state index in [-0.39, 0.29) is 11.2 Å². The normalized spacial score (nSPS) is 11.5. The summed E-state index contributed by atoms with van der Waals surface area (Å²) < 4.78 is 2.78. The van der Waals surface area contributed by atoms with Gasteiger partial charge < -0.3 is 4.98 Å². The van der Waals surface area contributed by atoms with Gasteiger partial charge in [-0.2, -0.15) is 0 Å². The van der Waals surface area contributed by atoms with Crippen LogP contribution in [-0.2, 0) is 13.1 Å². The van der Waals surface area contributed by atoms with E-state index >= 15 is 0 Å². The molecule has 0 aromatic carbocycles. The van der Waals surface area contributed by atoms with Crippen LogP contribution in [0, 0.1) is 5.92 Å². The molecule has 0 saturated carbocycles. The lowest BCUT2D eigenvalue weighted by Gasteiger charge is -2.11. The number of nitrogens with zero attached hydrogens (tertiary/aromatic N) is 3. The predicted molar refractivity (Wildman–Crippen MR) is 65.1 cm³/mol. The van der Waals surface area contributed by atoms with Gasteiger partial charge in [-0.15, -0.1) is 0 Å². The van der Waals surface area contributed by atoms with Crippen molar-refractivity contribution in [3.05, 3.63) is 27.2 Å². The number of hydrogen-bond acceptors (Lipinski definition) is 3. The maximum atomic E-state index is 12.1. The van der Waals surface area contributed by atoms with Gasteiger partial charge in [-0.3, -0.25) is 13.9 Å². The fourth-order valence-corrected chi connectivity index (χ4v) is 1.92. The number of aromatic nitrogens is 4. The standard InChI is InChI=1S/C11H16N4O2/c1-4-14-10(16)8-9(13-6-12-8)15(11(14)17)5-7(2)3/h6-7H,4-5H2,1-3H3,(H,12,13). The first-order valence-corrected chi connectivity index (χ1v) is 5.73. The highest BCUT2D eigenvalue weighted by atomic mass is 16.2. The van der Waals surface area contributed by atoms with Crippen LogP contribution in [0.15, 0.2) is 15.9 Å². The molecule has 0 saturated heterocycles. The molecule has 0 atom stereocenters. The van der Waals surface area contributed by atoms with Crippen molar-refractivity contribution in [2.75, 3.05) is 0 Å². The van der Waals surface area contributed by atoms with Crippen LogP contribution in [0.25, 0.3) is 11.2 Å². The maximum absolute atomic E-state index is 12.1. The Morgan fingerprint density at radius 2 is 2.06 bits per heavy atom. The largest absolute Gasteiger partial charge is 0.339 e. The van der Waals surface area contributed by atoms with E-state index in [9.17, 15) is 9.59 Å². The fourth-order valence-electron chi connectivity index (χ4n) is 1.92. The third-order valence-electron chi connectivity index (χ3n) is 2.66. The molecule has 17 heavy (non-hydrogen) atoms. The Bertz CT molecular complexity index is 648. The van der Waals surface area contributed by atoms with Crippen molar-refractivity contribution in [1.82, 2.24) is 19.1 Å². The van der Waals surface area contributed by atoms with Gasteiger partial charge in [-0.25, -0.2) is 9.78 Å². The van der Waals surface area contributed by atoms with Gasteiger partial charge in [0.15, 0.2) is 5.65 Å². The van der Waals surface area contributed by atoms with Crippen LogP contribution in [-0.4, -0.2) is 19.1 Å². The second-order valence-corrected chi connectivity index (χ2v) is 4.44. The minimum atomic E-state index is -0.301. The Balaban J connectivity index is 2.85. The lowest BCUT2D eigenvalue weighted by molar-refractivity contribution is 0.491. The summed E-state index contributed by atoms with van der Waals surface area (Å²) in [4.78, 5) is 31.0. The zero-order chi connectivity index (χ0) is 12.6. The summed E-state index contributed by atoms with van der Waals surface area (Å²) in [7, 11) is 0. The van der Waals surface area contributed by atoms with E-state index in [0.717, 1.165) is 0 Å². The van der Waals surface area contributed by atoms with E-state index in [4.69, 9.17) is 0 Å². The third-order valence-corrected chi connectivity index (χ3v) is 2.66. The second kappa shape index (κ2) is 4.20. The molecule has 1 N–H and O–H groups in total. The summed E-state index contributed by atoms with van der Waals surface area (Å²) >= 11 is 0. The van der Waals surface area contributed by atoms with Crippen molar-refractivity contribution < 1.29 is 0 Å². The second-order valence-electron chi connectivity index (χ2n) is 4.44. The molecular formula is C11H16N4O2. The van der Waals surface area contributed by atoms with Crippen LogP contribution in [0.3, 0.4) is 0 Å². The van der Waals surface area contributed by atoms with Crippen LogP contribution in [0.4, 0.5) is 0 Å². The molecular weight excluding hydrogens is 220 g/mol. The molecule has 0 spiro atoms. The maximum Gasteiger partial charge on any atom is 0.332 e. The van der Waals surface area contributed by atoms with E-state index in [1.165, 1.54) is 10.9 Å². The highest BCUT2D eigenvalue weighted by Gasteiger charge is 2.14. The molecule has 2 rings (SSSR count). The molecule has 0 aliphatic rings. The first-order chi connectivity index (χ1) is 8.06. The van der Waals surface area contributed by atoms with Gasteiger partial charge in [0.05, 0.1) is 6.33 Å². The van der Waals surface area contributed by atoms with Gasteiger partial charge in [0.1, 0.15) is 5.52 Å². The molecule has 0 bridgehead atoms. The first-order valence-electron chi connectivity index (χ1n) is 5.73. The van der Waals surface area contributed by atoms with Crippen LogP contribution < -0.4 is 11.2 Å². The molecule has 0 fully saturated rings. The summed E-state index contributed by atoms with van der Waals surface area (Å²) in [5, 5.41) is 0. The molecule has 0 radical (unpaired) electrons. The zero-order valence-corrected chi connectivity index (χ0v) is 10.2.